The van der Waals surface area contributed by atoms with Crippen molar-refractivity contribution in [2.75, 3.05) is 26.2 Å². The zero-order valence-corrected chi connectivity index (χ0v) is 12.2. The minimum Gasteiger partial charge on any atom is -0.314 e. The number of piperazine rings is 1. The SMILES string of the molecule is Cc1ccc([C@H](CC#N)N2CCNCC2)c(Br)c1. The average Bonchev–Trinajstić information content (AvgIpc) is 2.38. The van der Waals surface area contributed by atoms with E-state index in [0.29, 0.717) is 6.42 Å². The van der Waals surface area contributed by atoms with Crippen molar-refractivity contribution < 1.29 is 0 Å². The first-order valence-corrected chi connectivity index (χ1v) is 7.09. The molecule has 0 bridgehead atoms. The topological polar surface area (TPSA) is 39.1 Å². The third kappa shape index (κ3) is 3.11. The van der Waals surface area contributed by atoms with Gasteiger partial charge in [0.05, 0.1) is 12.5 Å². The molecule has 1 aromatic carbocycles. The second-order valence-electron chi connectivity index (χ2n) is 4.69. The van der Waals surface area contributed by atoms with Crippen molar-refractivity contribution in [2.45, 2.75) is 19.4 Å². The van der Waals surface area contributed by atoms with E-state index in [0.717, 1.165) is 30.7 Å². The number of nitrogens with zero attached hydrogens (tertiary/aromatic N) is 2. The van der Waals surface area contributed by atoms with Crippen LogP contribution in [0.5, 0.6) is 0 Å². The number of hydrogen-bond acceptors (Lipinski definition) is 3. The lowest BCUT2D eigenvalue weighted by Gasteiger charge is -2.34. The summed E-state index contributed by atoms with van der Waals surface area (Å²) in [5.74, 6) is 0. The molecule has 1 N–H and O–H groups in total. The van der Waals surface area contributed by atoms with Crippen molar-refractivity contribution >= 4 is 15.9 Å². The molecule has 1 aliphatic rings. The molecule has 0 spiro atoms. The lowest BCUT2D eigenvalue weighted by atomic mass is 10.0. The van der Waals surface area contributed by atoms with Crippen LogP contribution in [0, 0.1) is 18.3 Å². The van der Waals surface area contributed by atoms with Crippen LogP contribution in [0.25, 0.3) is 0 Å². The number of aryl methyl sites for hydroxylation is 1. The highest BCUT2D eigenvalue weighted by atomic mass is 79.9. The highest BCUT2D eigenvalue weighted by Crippen LogP contribution is 2.31. The second kappa shape index (κ2) is 6.33. The minimum absolute atomic E-state index is 0.201. The Morgan fingerprint density at radius 2 is 2.17 bits per heavy atom. The van der Waals surface area contributed by atoms with Crippen molar-refractivity contribution in [3.8, 4) is 6.07 Å². The van der Waals surface area contributed by atoms with Gasteiger partial charge in [-0.25, -0.2) is 0 Å². The van der Waals surface area contributed by atoms with Crippen LogP contribution in [0.15, 0.2) is 22.7 Å². The predicted molar refractivity (Wildman–Crippen MR) is 76.3 cm³/mol. The Bertz CT molecular complexity index is 447. The summed E-state index contributed by atoms with van der Waals surface area (Å²) in [7, 11) is 0. The number of rotatable bonds is 3. The van der Waals surface area contributed by atoms with Gasteiger partial charge in [-0.05, 0) is 24.1 Å². The first-order valence-electron chi connectivity index (χ1n) is 6.30. The number of benzene rings is 1. The maximum atomic E-state index is 9.07. The normalized spacial score (nSPS) is 18.3. The van der Waals surface area contributed by atoms with E-state index in [1.165, 1.54) is 11.1 Å². The number of halogens is 1. The first-order chi connectivity index (χ1) is 8.72. The van der Waals surface area contributed by atoms with E-state index in [9.17, 15) is 0 Å². The van der Waals surface area contributed by atoms with Crippen molar-refractivity contribution in [3.63, 3.8) is 0 Å². The van der Waals surface area contributed by atoms with E-state index in [1.54, 1.807) is 0 Å². The Hall–Kier alpha value is -0.890. The number of nitriles is 1. The van der Waals surface area contributed by atoms with Gasteiger partial charge in [-0.15, -0.1) is 0 Å². The van der Waals surface area contributed by atoms with Crippen LogP contribution < -0.4 is 5.32 Å². The van der Waals surface area contributed by atoms with Crippen LogP contribution in [0.1, 0.15) is 23.6 Å². The van der Waals surface area contributed by atoms with E-state index >= 15 is 0 Å². The smallest absolute Gasteiger partial charge is 0.0641 e. The van der Waals surface area contributed by atoms with Crippen LogP contribution in [0.3, 0.4) is 0 Å². The minimum atomic E-state index is 0.201. The third-order valence-electron chi connectivity index (χ3n) is 3.39. The van der Waals surface area contributed by atoms with Gasteiger partial charge < -0.3 is 5.32 Å². The molecule has 1 aliphatic heterocycles. The number of hydrogen-bond donors (Lipinski definition) is 1. The lowest BCUT2D eigenvalue weighted by Crippen LogP contribution is -2.45. The van der Waals surface area contributed by atoms with Gasteiger partial charge in [0.2, 0.25) is 0 Å². The van der Waals surface area contributed by atoms with Gasteiger partial charge >= 0.3 is 0 Å². The molecule has 1 aromatic rings. The van der Waals surface area contributed by atoms with E-state index in [4.69, 9.17) is 5.26 Å². The summed E-state index contributed by atoms with van der Waals surface area (Å²) >= 11 is 3.63. The molecule has 1 fully saturated rings. The van der Waals surface area contributed by atoms with E-state index in [2.05, 4.69) is 57.3 Å². The molecule has 4 heteroatoms. The quantitative estimate of drug-likeness (QED) is 0.933. The van der Waals surface area contributed by atoms with Crippen LogP contribution >= 0.6 is 15.9 Å². The highest BCUT2D eigenvalue weighted by molar-refractivity contribution is 9.10. The standard InChI is InChI=1S/C14H18BrN3/c1-11-2-3-12(13(15)10-11)14(4-5-16)18-8-6-17-7-9-18/h2-3,10,14,17H,4,6-9H2,1H3/t14-/m0/s1. The summed E-state index contributed by atoms with van der Waals surface area (Å²) < 4.78 is 1.11. The maximum absolute atomic E-state index is 9.07. The average molecular weight is 308 g/mol. The van der Waals surface area contributed by atoms with E-state index < -0.39 is 0 Å². The zero-order valence-electron chi connectivity index (χ0n) is 10.6. The van der Waals surface area contributed by atoms with E-state index in [1.807, 2.05) is 0 Å². The molecule has 0 saturated carbocycles. The van der Waals surface area contributed by atoms with Crippen molar-refractivity contribution in [3.05, 3.63) is 33.8 Å². The van der Waals surface area contributed by atoms with Crippen molar-refractivity contribution in [2.24, 2.45) is 0 Å². The molecule has 0 aromatic heterocycles. The van der Waals surface area contributed by atoms with Crippen molar-refractivity contribution in [1.29, 1.82) is 5.26 Å². The van der Waals surface area contributed by atoms with Crippen LogP contribution in [-0.2, 0) is 0 Å². The van der Waals surface area contributed by atoms with Gasteiger partial charge in [0.1, 0.15) is 0 Å². The van der Waals surface area contributed by atoms with Gasteiger partial charge in [0.25, 0.3) is 0 Å². The fraction of sp³-hybridized carbons (Fsp3) is 0.500. The molecule has 0 aliphatic carbocycles. The van der Waals surface area contributed by atoms with Gasteiger partial charge in [-0.2, -0.15) is 5.26 Å². The Labute approximate surface area is 117 Å². The summed E-state index contributed by atoms with van der Waals surface area (Å²) in [6, 6.07) is 8.91. The fourth-order valence-corrected chi connectivity index (χ4v) is 3.18. The fourth-order valence-electron chi connectivity index (χ4n) is 2.42. The van der Waals surface area contributed by atoms with Crippen LogP contribution in [-0.4, -0.2) is 31.1 Å². The molecule has 2 rings (SSSR count). The molecular formula is C14H18BrN3. The summed E-state index contributed by atoms with van der Waals surface area (Å²) in [5.41, 5.74) is 2.46. The highest BCUT2D eigenvalue weighted by Gasteiger charge is 2.23. The summed E-state index contributed by atoms with van der Waals surface area (Å²) in [6.07, 6.45) is 0.543. The van der Waals surface area contributed by atoms with Gasteiger partial charge in [-0.1, -0.05) is 28.1 Å². The number of nitrogens with one attached hydrogen (secondary N) is 1. The molecule has 18 heavy (non-hydrogen) atoms. The van der Waals surface area contributed by atoms with E-state index in [-0.39, 0.29) is 6.04 Å². The van der Waals surface area contributed by atoms with Gasteiger partial charge in [0, 0.05) is 36.7 Å². The van der Waals surface area contributed by atoms with Crippen LogP contribution in [0.4, 0.5) is 0 Å². The molecule has 96 valence electrons. The summed E-state index contributed by atoms with van der Waals surface area (Å²) in [4.78, 5) is 2.40. The second-order valence-corrected chi connectivity index (χ2v) is 5.54. The first kappa shape index (κ1) is 13.5. The summed E-state index contributed by atoms with van der Waals surface area (Å²) in [6.45, 7) is 6.11. The zero-order chi connectivity index (χ0) is 13.0. The molecule has 1 heterocycles. The largest absolute Gasteiger partial charge is 0.314 e. The Balaban J connectivity index is 2.25. The molecule has 1 saturated heterocycles. The van der Waals surface area contributed by atoms with Gasteiger partial charge in [0.15, 0.2) is 0 Å². The molecule has 0 amide bonds. The van der Waals surface area contributed by atoms with Crippen LogP contribution in [0.2, 0.25) is 0 Å². The van der Waals surface area contributed by atoms with Crippen molar-refractivity contribution in [1.82, 2.24) is 10.2 Å². The lowest BCUT2D eigenvalue weighted by molar-refractivity contribution is 0.175. The maximum Gasteiger partial charge on any atom is 0.0641 e. The molecular weight excluding hydrogens is 290 g/mol. The molecule has 0 radical (unpaired) electrons. The third-order valence-corrected chi connectivity index (χ3v) is 4.08. The monoisotopic (exact) mass is 307 g/mol. The Morgan fingerprint density at radius 3 is 2.78 bits per heavy atom. The Morgan fingerprint density at radius 1 is 1.44 bits per heavy atom. The van der Waals surface area contributed by atoms with Gasteiger partial charge in [-0.3, -0.25) is 4.90 Å². The Kier molecular flexibility index (Phi) is 4.76. The summed E-state index contributed by atoms with van der Waals surface area (Å²) in [5, 5.41) is 12.4. The molecule has 0 unspecified atom stereocenters. The molecule has 3 nitrogen and oxygen atoms in total. The molecule has 1 atom stereocenters. The predicted octanol–water partition coefficient (Wildman–Crippen LogP) is 2.62.